The molecule has 0 aliphatic heterocycles. The van der Waals surface area contributed by atoms with E-state index in [4.69, 9.17) is 5.73 Å². The van der Waals surface area contributed by atoms with Gasteiger partial charge in [0, 0.05) is 11.4 Å². The molecule has 1 aromatic carbocycles. The van der Waals surface area contributed by atoms with Gasteiger partial charge in [0.15, 0.2) is 0 Å². The summed E-state index contributed by atoms with van der Waals surface area (Å²) >= 11 is 1.65. The molecule has 6 heteroatoms. The van der Waals surface area contributed by atoms with Crippen molar-refractivity contribution in [2.45, 2.75) is 19.5 Å². The van der Waals surface area contributed by atoms with Gasteiger partial charge in [-0.2, -0.15) is 0 Å². The molecule has 4 nitrogen and oxygen atoms in total. The lowest BCUT2D eigenvalue weighted by molar-refractivity contribution is -0.120. The molecule has 0 radical (unpaired) electrons. The van der Waals surface area contributed by atoms with Crippen LogP contribution in [0.4, 0.5) is 15.8 Å². The number of amides is 1. The molecule has 0 fully saturated rings. The van der Waals surface area contributed by atoms with Gasteiger partial charge in [0.2, 0.25) is 5.91 Å². The highest BCUT2D eigenvalue weighted by atomic mass is 32.1. The Morgan fingerprint density at radius 2 is 2.24 bits per heavy atom. The van der Waals surface area contributed by atoms with Crippen LogP contribution >= 0.6 is 11.3 Å². The van der Waals surface area contributed by atoms with Gasteiger partial charge in [-0.3, -0.25) is 9.69 Å². The van der Waals surface area contributed by atoms with E-state index >= 15 is 0 Å². The summed E-state index contributed by atoms with van der Waals surface area (Å²) in [6, 6.07) is 7.62. The maximum atomic E-state index is 13.0. The fourth-order valence-electron chi connectivity index (χ4n) is 1.87. The van der Waals surface area contributed by atoms with Crippen LogP contribution in [0.25, 0.3) is 0 Å². The Labute approximate surface area is 127 Å². The van der Waals surface area contributed by atoms with Crippen molar-refractivity contribution in [3.8, 4) is 0 Å². The number of halogens is 1. The van der Waals surface area contributed by atoms with E-state index in [2.05, 4.69) is 5.32 Å². The van der Waals surface area contributed by atoms with E-state index < -0.39 is 5.82 Å². The van der Waals surface area contributed by atoms with Gasteiger partial charge in [-0.25, -0.2) is 4.39 Å². The van der Waals surface area contributed by atoms with E-state index in [-0.39, 0.29) is 17.6 Å². The highest BCUT2D eigenvalue weighted by molar-refractivity contribution is 7.09. The molecule has 1 aromatic heterocycles. The standard InChI is InChI=1S/C15H18FN3OS/c1-10(19(2)9-12-4-3-7-21-12)15(20)18-14-6-5-11(16)8-13(14)17/h3-8,10H,9,17H2,1-2H3,(H,18,20). The molecule has 1 atom stereocenters. The fraction of sp³-hybridized carbons (Fsp3) is 0.267. The summed E-state index contributed by atoms with van der Waals surface area (Å²) in [5, 5.41) is 4.74. The van der Waals surface area contributed by atoms with Crippen LogP contribution in [0.5, 0.6) is 0 Å². The molecular weight excluding hydrogens is 289 g/mol. The second-order valence-corrected chi connectivity index (χ2v) is 5.92. The summed E-state index contributed by atoms with van der Waals surface area (Å²) in [5.41, 5.74) is 6.34. The van der Waals surface area contributed by atoms with Crippen LogP contribution in [0.15, 0.2) is 35.7 Å². The van der Waals surface area contributed by atoms with Crippen LogP contribution in [0, 0.1) is 5.82 Å². The molecule has 2 aromatic rings. The summed E-state index contributed by atoms with van der Waals surface area (Å²) in [5.74, 6) is -0.597. The third-order valence-corrected chi connectivity index (χ3v) is 4.16. The number of carbonyl (C=O) groups excluding carboxylic acids is 1. The van der Waals surface area contributed by atoms with Crippen LogP contribution < -0.4 is 11.1 Å². The molecule has 0 aliphatic carbocycles. The average molecular weight is 307 g/mol. The summed E-state index contributed by atoms with van der Waals surface area (Å²) < 4.78 is 13.0. The van der Waals surface area contributed by atoms with Gasteiger partial charge in [0.05, 0.1) is 17.4 Å². The summed E-state index contributed by atoms with van der Waals surface area (Å²) in [7, 11) is 1.89. The number of thiophene rings is 1. The smallest absolute Gasteiger partial charge is 0.241 e. The van der Waals surface area contributed by atoms with Crippen LogP contribution in [0.1, 0.15) is 11.8 Å². The second-order valence-electron chi connectivity index (χ2n) is 4.89. The SMILES string of the molecule is CC(C(=O)Nc1ccc(F)cc1N)N(C)Cc1cccs1. The predicted molar refractivity (Wildman–Crippen MR) is 84.7 cm³/mol. The monoisotopic (exact) mass is 307 g/mol. The number of rotatable bonds is 5. The van der Waals surface area contributed by atoms with Crippen molar-refractivity contribution in [3.05, 3.63) is 46.4 Å². The average Bonchev–Trinajstić information content (AvgIpc) is 2.93. The van der Waals surface area contributed by atoms with E-state index in [1.54, 1.807) is 11.3 Å². The highest BCUT2D eigenvalue weighted by Crippen LogP contribution is 2.20. The van der Waals surface area contributed by atoms with Crippen LogP contribution in [0.2, 0.25) is 0 Å². The van der Waals surface area contributed by atoms with Crippen molar-refractivity contribution in [2.24, 2.45) is 0 Å². The lowest BCUT2D eigenvalue weighted by Crippen LogP contribution is -2.39. The number of anilines is 2. The Balaban J connectivity index is 1.98. The molecule has 112 valence electrons. The first-order valence-corrected chi connectivity index (χ1v) is 7.44. The molecule has 1 heterocycles. The van der Waals surface area contributed by atoms with Crippen molar-refractivity contribution >= 4 is 28.6 Å². The third kappa shape index (κ3) is 4.03. The maximum absolute atomic E-state index is 13.0. The molecule has 0 spiro atoms. The minimum Gasteiger partial charge on any atom is -0.397 e. The molecule has 0 aliphatic rings. The zero-order valence-corrected chi connectivity index (χ0v) is 12.8. The zero-order valence-electron chi connectivity index (χ0n) is 12.0. The maximum Gasteiger partial charge on any atom is 0.241 e. The van der Waals surface area contributed by atoms with E-state index in [1.807, 2.05) is 36.4 Å². The normalized spacial score (nSPS) is 12.4. The molecule has 2 rings (SSSR count). The second kappa shape index (κ2) is 6.69. The van der Waals surface area contributed by atoms with Crippen molar-refractivity contribution in [1.29, 1.82) is 0 Å². The summed E-state index contributed by atoms with van der Waals surface area (Å²) in [6.45, 7) is 2.52. The first-order chi connectivity index (χ1) is 9.97. The Morgan fingerprint density at radius 3 is 2.86 bits per heavy atom. The fourth-order valence-corrected chi connectivity index (χ4v) is 2.64. The van der Waals surface area contributed by atoms with Crippen LogP contribution in [-0.4, -0.2) is 23.9 Å². The number of nitrogens with zero attached hydrogens (tertiary/aromatic N) is 1. The molecule has 0 saturated heterocycles. The number of nitrogen functional groups attached to an aromatic ring is 1. The van der Waals surface area contributed by atoms with E-state index in [9.17, 15) is 9.18 Å². The predicted octanol–water partition coefficient (Wildman–Crippen LogP) is 2.93. The molecule has 0 saturated carbocycles. The minimum absolute atomic E-state index is 0.174. The number of likely N-dealkylation sites (N-methyl/N-ethyl adjacent to an activating group) is 1. The van der Waals surface area contributed by atoms with E-state index in [1.165, 1.54) is 23.1 Å². The number of hydrogen-bond acceptors (Lipinski definition) is 4. The van der Waals surface area contributed by atoms with Gasteiger partial charge in [0.1, 0.15) is 5.82 Å². The molecule has 21 heavy (non-hydrogen) atoms. The van der Waals surface area contributed by atoms with E-state index in [0.717, 1.165) is 0 Å². The van der Waals surface area contributed by atoms with E-state index in [0.29, 0.717) is 12.2 Å². The number of nitrogens with one attached hydrogen (secondary N) is 1. The largest absolute Gasteiger partial charge is 0.397 e. The van der Waals surface area contributed by atoms with Gasteiger partial charge in [-0.05, 0) is 43.6 Å². The first kappa shape index (κ1) is 15.5. The first-order valence-electron chi connectivity index (χ1n) is 6.56. The molecule has 1 unspecified atom stereocenters. The highest BCUT2D eigenvalue weighted by Gasteiger charge is 2.19. The third-order valence-electron chi connectivity index (χ3n) is 3.30. The Morgan fingerprint density at radius 1 is 1.48 bits per heavy atom. The van der Waals surface area contributed by atoms with Gasteiger partial charge >= 0.3 is 0 Å². The Kier molecular flexibility index (Phi) is 4.93. The van der Waals surface area contributed by atoms with Gasteiger partial charge < -0.3 is 11.1 Å². The zero-order chi connectivity index (χ0) is 15.4. The van der Waals surface area contributed by atoms with Gasteiger partial charge in [-0.1, -0.05) is 6.07 Å². The number of carbonyl (C=O) groups is 1. The van der Waals surface area contributed by atoms with Gasteiger partial charge in [0.25, 0.3) is 0 Å². The van der Waals surface area contributed by atoms with Crippen molar-refractivity contribution in [1.82, 2.24) is 4.90 Å². The molecule has 3 N–H and O–H groups in total. The Hall–Kier alpha value is -1.92. The van der Waals surface area contributed by atoms with Crippen molar-refractivity contribution in [3.63, 3.8) is 0 Å². The summed E-state index contributed by atoms with van der Waals surface area (Å²) in [6.07, 6.45) is 0. The Bertz CT molecular complexity index is 615. The van der Waals surface area contributed by atoms with Crippen LogP contribution in [0.3, 0.4) is 0 Å². The van der Waals surface area contributed by atoms with Crippen LogP contribution in [-0.2, 0) is 11.3 Å². The van der Waals surface area contributed by atoms with Gasteiger partial charge in [-0.15, -0.1) is 11.3 Å². The quantitative estimate of drug-likeness (QED) is 0.835. The molecular formula is C15H18FN3OS. The topological polar surface area (TPSA) is 58.4 Å². The molecule has 0 bridgehead atoms. The minimum atomic E-state index is -0.423. The number of hydrogen-bond donors (Lipinski definition) is 2. The molecule has 1 amide bonds. The lowest BCUT2D eigenvalue weighted by atomic mass is 10.2. The van der Waals surface area contributed by atoms with Crippen molar-refractivity contribution in [2.75, 3.05) is 18.1 Å². The summed E-state index contributed by atoms with van der Waals surface area (Å²) in [4.78, 5) is 15.4. The van der Waals surface area contributed by atoms with Crippen molar-refractivity contribution < 1.29 is 9.18 Å². The number of nitrogens with two attached hydrogens (primary N) is 1. The number of benzene rings is 1. The lowest BCUT2D eigenvalue weighted by Gasteiger charge is -2.23.